The van der Waals surface area contributed by atoms with Crippen LogP contribution in [0.1, 0.15) is 5.56 Å². The van der Waals surface area contributed by atoms with Crippen molar-refractivity contribution in [3.8, 4) is 16.9 Å². The molecule has 0 aliphatic carbocycles. The molecular weight excluding hydrogens is 341 g/mol. The average Bonchev–Trinajstić information content (AvgIpc) is 2.54. The number of aromatic nitrogens is 2. The van der Waals surface area contributed by atoms with Gasteiger partial charge in [0.15, 0.2) is 4.77 Å². The zero-order chi connectivity index (χ0) is 17.5. The maximum atomic E-state index is 13.1. The molecule has 1 aromatic carbocycles. The van der Waals surface area contributed by atoms with Crippen molar-refractivity contribution < 1.29 is 17.9 Å². The molecule has 4 nitrogen and oxygen atoms in total. The number of methoxy groups -OCH3 is 1. The molecule has 8 heteroatoms. The third-order valence-electron chi connectivity index (χ3n) is 3.58. The van der Waals surface area contributed by atoms with Gasteiger partial charge < -0.3 is 4.74 Å². The molecule has 0 atom stereocenters. The minimum absolute atomic E-state index is 0.0161. The quantitative estimate of drug-likeness (QED) is 0.708. The molecule has 124 valence electrons. The summed E-state index contributed by atoms with van der Waals surface area (Å²) in [7, 11) is 1.42. The summed E-state index contributed by atoms with van der Waals surface area (Å²) in [5.41, 5.74) is -0.939. The highest BCUT2D eigenvalue weighted by molar-refractivity contribution is 7.71. The number of nitrogens with one attached hydrogen (secondary N) is 1. The number of alkyl halides is 3. The van der Waals surface area contributed by atoms with Crippen molar-refractivity contribution in [1.29, 1.82) is 0 Å². The van der Waals surface area contributed by atoms with Crippen LogP contribution in [0.5, 0.6) is 5.75 Å². The Bertz CT molecular complexity index is 1040. The van der Waals surface area contributed by atoms with E-state index in [-0.39, 0.29) is 15.9 Å². The van der Waals surface area contributed by atoms with Gasteiger partial charge in [-0.1, -0.05) is 18.2 Å². The van der Waals surface area contributed by atoms with Crippen LogP contribution in [0.25, 0.3) is 16.6 Å². The third-order valence-corrected chi connectivity index (χ3v) is 3.88. The second-order valence-corrected chi connectivity index (χ2v) is 5.39. The monoisotopic (exact) mass is 352 g/mol. The van der Waals surface area contributed by atoms with E-state index in [0.29, 0.717) is 11.3 Å². The Labute approximate surface area is 139 Å². The Hall–Kier alpha value is -2.61. The van der Waals surface area contributed by atoms with Gasteiger partial charge in [0.05, 0.1) is 23.8 Å². The number of ether oxygens (including phenoxy) is 1. The van der Waals surface area contributed by atoms with E-state index in [1.807, 2.05) is 0 Å². The Kier molecular flexibility index (Phi) is 3.92. The Morgan fingerprint density at radius 2 is 1.92 bits per heavy atom. The fourth-order valence-electron chi connectivity index (χ4n) is 2.49. The van der Waals surface area contributed by atoms with Crippen molar-refractivity contribution in [3.63, 3.8) is 0 Å². The predicted molar refractivity (Wildman–Crippen MR) is 85.8 cm³/mol. The van der Waals surface area contributed by atoms with Crippen molar-refractivity contribution in [2.45, 2.75) is 6.18 Å². The van der Waals surface area contributed by atoms with Gasteiger partial charge >= 0.3 is 6.18 Å². The number of H-pyrrole nitrogens is 1. The van der Waals surface area contributed by atoms with Gasteiger partial charge in [0.2, 0.25) is 0 Å². The van der Waals surface area contributed by atoms with E-state index in [9.17, 15) is 18.0 Å². The second-order valence-electron chi connectivity index (χ2n) is 5.00. The topological polar surface area (TPSA) is 46.5 Å². The van der Waals surface area contributed by atoms with Crippen molar-refractivity contribution in [2.24, 2.45) is 0 Å². The largest absolute Gasteiger partial charge is 0.496 e. The van der Waals surface area contributed by atoms with E-state index >= 15 is 0 Å². The van der Waals surface area contributed by atoms with E-state index in [1.54, 1.807) is 24.3 Å². The minimum atomic E-state index is -4.53. The second kappa shape index (κ2) is 5.79. The van der Waals surface area contributed by atoms with Gasteiger partial charge in [0.1, 0.15) is 5.75 Å². The first kappa shape index (κ1) is 16.3. The molecular formula is C16H11F3N2O2S. The lowest BCUT2D eigenvalue weighted by Gasteiger charge is -2.13. The molecule has 3 aromatic rings. The first-order valence-corrected chi connectivity index (χ1v) is 7.23. The summed E-state index contributed by atoms with van der Waals surface area (Å²) in [5.74, 6) is 0.374. The molecule has 0 radical (unpaired) electrons. The molecule has 0 fully saturated rings. The molecule has 1 N–H and O–H groups in total. The standard InChI is InChI=1S/C16H11F3N2O2S/c1-23-12-5-3-2-4-10(12)13-11-8-9(16(17,18)19)6-7-21(11)15(24)20-14(13)22/h2-8H,1H3,(H,20,22,24). The molecule has 2 aromatic heterocycles. The molecule has 0 saturated carbocycles. The van der Waals surface area contributed by atoms with Crippen LogP contribution < -0.4 is 10.3 Å². The molecule has 0 saturated heterocycles. The molecule has 0 bridgehead atoms. The fourth-order valence-corrected chi connectivity index (χ4v) is 2.75. The highest BCUT2D eigenvalue weighted by Crippen LogP contribution is 2.34. The van der Waals surface area contributed by atoms with Crippen LogP contribution in [0, 0.1) is 4.77 Å². The number of aromatic amines is 1. The first-order chi connectivity index (χ1) is 11.3. The zero-order valence-corrected chi connectivity index (χ0v) is 13.2. The van der Waals surface area contributed by atoms with Crippen LogP contribution in [0.4, 0.5) is 13.2 Å². The lowest BCUT2D eigenvalue weighted by molar-refractivity contribution is -0.137. The molecule has 0 aliphatic rings. The zero-order valence-electron chi connectivity index (χ0n) is 12.3. The van der Waals surface area contributed by atoms with Crippen LogP contribution in [0.15, 0.2) is 47.4 Å². The highest BCUT2D eigenvalue weighted by Gasteiger charge is 2.31. The molecule has 0 amide bonds. The van der Waals surface area contributed by atoms with Crippen molar-refractivity contribution in [3.05, 3.63) is 63.3 Å². The number of nitrogens with zero attached hydrogens (tertiary/aromatic N) is 1. The first-order valence-electron chi connectivity index (χ1n) is 6.82. The van der Waals surface area contributed by atoms with E-state index in [0.717, 1.165) is 12.1 Å². The number of hydrogen-bond acceptors (Lipinski definition) is 3. The molecule has 0 aliphatic heterocycles. The predicted octanol–water partition coefficient (Wildman–Crippen LogP) is 4.05. The maximum Gasteiger partial charge on any atom is 0.416 e. The molecule has 24 heavy (non-hydrogen) atoms. The lowest BCUT2D eigenvalue weighted by atomic mass is 10.0. The number of fused-ring (bicyclic) bond motifs is 1. The van der Waals surface area contributed by atoms with Crippen molar-refractivity contribution in [2.75, 3.05) is 7.11 Å². The van der Waals surface area contributed by atoms with Gasteiger partial charge in [-0.2, -0.15) is 13.2 Å². The van der Waals surface area contributed by atoms with Crippen LogP contribution >= 0.6 is 12.2 Å². The summed E-state index contributed by atoms with van der Waals surface area (Å²) in [6.07, 6.45) is -3.34. The number of halogens is 3. The Balaban J connectivity index is 2.47. The average molecular weight is 352 g/mol. The number of para-hydroxylation sites is 1. The maximum absolute atomic E-state index is 13.1. The lowest BCUT2D eigenvalue weighted by Crippen LogP contribution is -2.15. The van der Waals surface area contributed by atoms with E-state index in [1.165, 1.54) is 17.7 Å². The van der Waals surface area contributed by atoms with Crippen LogP contribution in [-0.2, 0) is 6.18 Å². The molecule has 0 spiro atoms. The number of pyridine rings is 1. The third kappa shape index (κ3) is 2.69. The van der Waals surface area contributed by atoms with Gasteiger partial charge in [-0.05, 0) is 30.4 Å². The van der Waals surface area contributed by atoms with Crippen LogP contribution in [0.3, 0.4) is 0 Å². The van der Waals surface area contributed by atoms with Gasteiger partial charge in [0.25, 0.3) is 5.56 Å². The summed E-state index contributed by atoms with van der Waals surface area (Å²) >= 11 is 5.04. The van der Waals surface area contributed by atoms with Crippen LogP contribution in [0.2, 0.25) is 0 Å². The minimum Gasteiger partial charge on any atom is -0.496 e. The Morgan fingerprint density at radius 1 is 1.21 bits per heavy atom. The highest BCUT2D eigenvalue weighted by atomic mass is 32.1. The van der Waals surface area contributed by atoms with Gasteiger partial charge in [-0.3, -0.25) is 14.2 Å². The van der Waals surface area contributed by atoms with E-state index < -0.39 is 17.3 Å². The number of rotatable bonds is 2. The number of benzene rings is 1. The molecule has 0 unspecified atom stereocenters. The summed E-state index contributed by atoms with van der Waals surface area (Å²) in [6.45, 7) is 0. The summed E-state index contributed by atoms with van der Waals surface area (Å²) < 4.78 is 45.7. The Morgan fingerprint density at radius 3 is 2.58 bits per heavy atom. The summed E-state index contributed by atoms with van der Waals surface area (Å²) in [4.78, 5) is 14.9. The molecule has 2 heterocycles. The van der Waals surface area contributed by atoms with Crippen LogP contribution in [-0.4, -0.2) is 16.5 Å². The smallest absolute Gasteiger partial charge is 0.416 e. The fraction of sp³-hybridized carbons (Fsp3) is 0.125. The van der Waals surface area contributed by atoms with E-state index in [2.05, 4.69) is 4.98 Å². The van der Waals surface area contributed by atoms with Gasteiger partial charge in [-0.15, -0.1) is 0 Å². The van der Waals surface area contributed by atoms with Crippen molar-refractivity contribution >= 4 is 17.7 Å². The van der Waals surface area contributed by atoms with Gasteiger partial charge in [0, 0.05) is 11.8 Å². The summed E-state index contributed by atoms with van der Waals surface area (Å²) in [5, 5.41) is 0. The van der Waals surface area contributed by atoms with Crippen molar-refractivity contribution in [1.82, 2.24) is 9.38 Å². The van der Waals surface area contributed by atoms with Gasteiger partial charge in [-0.25, -0.2) is 0 Å². The normalized spacial score (nSPS) is 11.7. The number of hydrogen-bond donors (Lipinski definition) is 1. The molecule has 3 rings (SSSR count). The SMILES string of the molecule is COc1ccccc1-c1c(=O)[nH]c(=S)n2ccc(C(F)(F)F)cc12. The van der Waals surface area contributed by atoms with E-state index in [4.69, 9.17) is 17.0 Å². The summed E-state index contributed by atoms with van der Waals surface area (Å²) in [6, 6.07) is 8.42.